The number of halogens is 1. The molecule has 0 atom stereocenters. The van der Waals surface area contributed by atoms with E-state index in [0.717, 1.165) is 22.1 Å². The zero-order valence-corrected chi connectivity index (χ0v) is 12.6. The van der Waals surface area contributed by atoms with E-state index >= 15 is 0 Å². The first kappa shape index (κ1) is 15.0. The van der Waals surface area contributed by atoms with Crippen molar-refractivity contribution < 1.29 is 9.13 Å². The Labute approximate surface area is 122 Å². The lowest BCUT2D eigenvalue weighted by atomic mass is 10.3. The third-order valence-corrected chi connectivity index (χ3v) is 3.80. The highest BCUT2D eigenvalue weighted by Crippen LogP contribution is 2.27. The van der Waals surface area contributed by atoms with Crippen LogP contribution in [0, 0.1) is 5.82 Å². The fourth-order valence-electron chi connectivity index (χ4n) is 1.68. The van der Waals surface area contributed by atoms with E-state index in [4.69, 9.17) is 4.74 Å². The molecule has 0 aliphatic carbocycles. The van der Waals surface area contributed by atoms with Crippen LogP contribution < -0.4 is 5.32 Å². The van der Waals surface area contributed by atoms with Gasteiger partial charge in [-0.1, -0.05) is 13.8 Å². The summed E-state index contributed by atoms with van der Waals surface area (Å²) < 4.78 is 18.1. The first-order valence-corrected chi connectivity index (χ1v) is 7.24. The molecule has 20 heavy (non-hydrogen) atoms. The molecule has 0 bridgehead atoms. The number of methoxy groups -OCH3 is 1. The Kier molecular flexibility index (Phi) is 5.17. The van der Waals surface area contributed by atoms with Crippen molar-refractivity contribution in [1.82, 2.24) is 15.3 Å². The van der Waals surface area contributed by atoms with Crippen molar-refractivity contribution >= 4 is 11.3 Å². The van der Waals surface area contributed by atoms with Gasteiger partial charge >= 0.3 is 0 Å². The van der Waals surface area contributed by atoms with E-state index in [0.29, 0.717) is 18.3 Å². The summed E-state index contributed by atoms with van der Waals surface area (Å²) in [6.45, 7) is 5.40. The van der Waals surface area contributed by atoms with Gasteiger partial charge in [0.05, 0.1) is 24.2 Å². The van der Waals surface area contributed by atoms with E-state index in [1.807, 2.05) is 0 Å². The fourth-order valence-corrected chi connectivity index (χ4v) is 2.67. The third kappa shape index (κ3) is 3.82. The number of nitrogens with one attached hydrogen (secondary N) is 1. The summed E-state index contributed by atoms with van der Waals surface area (Å²) in [5.41, 5.74) is 1.59. The lowest BCUT2D eigenvalue weighted by molar-refractivity contribution is 0.181. The Morgan fingerprint density at radius 1 is 1.40 bits per heavy atom. The van der Waals surface area contributed by atoms with Gasteiger partial charge in [0.25, 0.3) is 0 Å². The van der Waals surface area contributed by atoms with E-state index in [-0.39, 0.29) is 5.82 Å². The maximum Gasteiger partial charge on any atom is 0.142 e. The molecule has 0 aliphatic heterocycles. The highest BCUT2D eigenvalue weighted by molar-refractivity contribution is 7.15. The molecule has 2 rings (SSSR count). The monoisotopic (exact) mass is 295 g/mol. The van der Waals surface area contributed by atoms with Crippen LogP contribution in [0.3, 0.4) is 0 Å². The lowest BCUT2D eigenvalue weighted by Crippen LogP contribution is -2.21. The molecule has 0 fully saturated rings. The molecule has 0 radical (unpaired) electrons. The summed E-state index contributed by atoms with van der Waals surface area (Å²) in [5, 5.41) is 4.16. The highest BCUT2D eigenvalue weighted by Gasteiger charge is 2.13. The van der Waals surface area contributed by atoms with Gasteiger partial charge in [0, 0.05) is 24.6 Å². The van der Waals surface area contributed by atoms with Crippen LogP contribution in [0.25, 0.3) is 10.7 Å². The van der Waals surface area contributed by atoms with Gasteiger partial charge in [-0.05, 0) is 12.1 Å². The van der Waals surface area contributed by atoms with Crippen molar-refractivity contribution in [3.8, 4) is 10.7 Å². The van der Waals surface area contributed by atoms with Crippen molar-refractivity contribution in [2.24, 2.45) is 0 Å². The Morgan fingerprint density at radius 2 is 2.20 bits per heavy atom. The summed E-state index contributed by atoms with van der Waals surface area (Å²) in [4.78, 5) is 9.74. The number of pyridine rings is 1. The predicted molar refractivity (Wildman–Crippen MR) is 78.0 cm³/mol. The van der Waals surface area contributed by atoms with Crippen molar-refractivity contribution in [2.45, 2.75) is 33.0 Å². The number of nitrogens with zero attached hydrogens (tertiary/aromatic N) is 2. The van der Waals surface area contributed by atoms with Crippen LogP contribution in [0.5, 0.6) is 0 Å². The minimum absolute atomic E-state index is 0.343. The fraction of sp³-hybridized carbons (Fsp3) is 0.429. The summed E-state index contributed by atoms with van der Waals surface area (Å²) >= 11 is 1.56. The molecular formula is C14H18FN3OS. The molecule has 1 N–H and O–H groups in total. The number of aromatic nitrogens is 2. The molecule has 0 aliphatic rings. The van der Waals surface area contributed by atoms with E-state index < -0.39 is 0 Å². The molecule has 0 saturated heterocycles. The lowest BCUT2D eigenvalue weighted by Gasteiger charge is -2.07. The summed E-state index contributed by atoms with van der Waals surface area (Å²) in [6, 6.07) is 3.44. The molecule has 2 aromatic heterocycles. The molecule has 2 aromatic rings. The minimum atomic E-state index is -0.343. The molecule has 0 spiro atoms. The molecule has 108 valence electrons. The Morgan fingerprint density at radius 3 is 2.80 bits per heavy atom. The number of hydrogen-bond donors (Lipinski definition) is 1. The summed E-state index contributed by atoms with van der Waals surface area (Å²) in [5.74, 6) is -0.343. The van der Waals surface area contributed by atoms with Crippen LogP contribution >= 0.6 is 11.3 Å². The largest absolute Gasteiger partial charge is 0.378 e. The number of thiazole rings is 1. The highest BCUT2D eigenvalue weighted by atomic mass is 32.1. The predicted octanol–water partition coefficient (Wildman–Crippen LogP) is 2.99. The van der Waals surface area contributed by atoms with Crippen LogP contribution in [-0.4, -0.2) is 23.1 Å². The topological polar surface area (TPSA) is 47.0 Å². The van der Waals surface area contributed by atoms with Gasteiger partial charge in [-0.3, -0.25) is 4.98 Å². The average Bonchev–Trinajstić information content (AvgIpc) is 2.81. The molecule has 0 aromatic carbocycles. The minimum Gasteiger partial charge on any atom is -0.378 e. The number of ether oxygens (including phenoxy) is 1. The second kappa shape index (κ2) is 6.88. The second-order valence-corrected chi connectivity index (χ2v) is 5.80. The van der Waals surface area contributed by atoms with Gasteiger partial charge in [0.1, 0.15) is 10.8 Å². The van der Waals surface area contributed by atoms with Crippen molar-refractivity contribution in [3.63, 3.8) is 0 Å². The van der Waals surface area contributed by atoms with Crippen LogP contribution in [-0.2, 0) is 17.9 Å². The van der Waals surface area contributed by atoms with Crippen molar-refractivity contribution in [2.75, 3.05) is 7.11 Å². The van der Waals surface area contributed by atoms with Gasteiger partial charge in [0.2, 0.25) is 0 Å². The molecule has 0 saturated carbocycles. The van der Waals surface area contributed by atoms with Gasteiger partial charge in [-0.2, -0.15) is 0 Å². The van der Waals surface area contributed by atoms with Crippen LogP contribution in [0.4, 0.5) is 4.39 Å². The first-order valence-electron chi connectivity index (χ1n) is 6.43. The van der Waals surface area contributed by atoms with E-state index in [1.165, 1.54) is 12.3 Å². The number of hydrogen-bond acceptors (Lipinski definition) is 5. The first-order chi connectivity index (χ1) is 9.60. The molecule has 0 unspecified atom stereocenters. The van der Waals surface area contributed by atoms with Crippen LogP contribution in [0.1, 0.15) is 24.4 Å². The standard InChI is InChI=1S/C14H18FN3OS/c1-9(2)16-7-13-12(8-19-3)18-14(20-13)11-5-4-10(15)6-17-11/h4-6,9,16H,7-8H2,1-3H3. The normalized spacial score (nSPS) is 11.2. The van der Waals surface area contributed by atoms with Gasteiger partial charge in [0.15, 0.2) is 0 Å². The van der Waals surface area contributed by atoms with Crippen molar-refractivity contribution in [3.05, 3.63) is 34.7 Å². The number of rotatable bonds is 6. The molecule has 2 heterocycles. The van der Waals surface area contributed by atoms with E-state index in [2.05, 4.69) is 29.1 Å². The summed E-state index contributed by atoms with van der Waals surface area (Å²) in [6.07, 6.45) is 1.21. The zero-order chi connectivity index (χ0) is 14.5. The van der Waals surface area contributed by atoms with Crippen LogP contribution in [0.15, 0.2) is 18.3 Å². The second-order valence-electron chi connectivity index (χ2n) is 4.72. The maximum absolute atomic E-state index is 12.9. The third-order valence-electron chi connectivity index (χ3n) is 2.68. The van der Waals surface area contributed by atoms with Crippen molar-refractivity contribution in [1.29, 1.82) is 0 Å². The zero-order valence-electron chi connectivity index (χ0n) is 11.8. The molecule has 4 nitrogen and oxygen atoms in total. The molecule has 6 heteroatoms. The Balaban J connectivity index is 2.25. The molecular weight excluding hydrogens is 277 g/mol. The van der Waals surface area contributed by atoms with Gasteiger partial charge in [-0.25, -0.2) is 9.37 Å². The van der Waals surface area contributed by atoms with E-state index in [9.17, 15) is 4.39 Å². The van der Waals surface area contributed by atoms with E-state index in [1.54, 1.807) is 24.5 Å². The summed E-state index contributed by atoms with van der Waals surface area (Å²) in [7, 11) is 1.65. The Bertz CT molecular complexity index is 554. The quantitative estimate of drug-likeness (QED) is 0.890. The average molecular weight is 295 g/mol. The Hall–Kier alpha value is -1.37. The van der Waals surface area contributed by atoms with Gasteiger partial charge in [-0.15, -0.1) is 11.3 Å². The SMILES string of the molecule is COCc1nc(-c2ccc(F)cn2)sc1CNC(C)C. The smallest absolute Gasteiger partial charge is 0.142 e. The van der Waals surface area contributed by atoms with Crippen LogP contribution in [0.2, 0.25) is 0 Å². The van der Waals surface area contributed by atoms with Gasteiger partial charge < -0.3 is 10.1 Å². The maximum atomic E-state index is 12.9. The molecule has 0 amide bonds.